The maximum atomic E-state index is 12.4. The van der Waals surface area contributed by atoms with Crippen molar-refractivity contribution >= 4 is 17.5 Å². The van der Waals surface area contributed by atoms with Gasteiger partial charge in [-0.2, -0.15) is 0 Å². The first-order chi connectivity index (χ1) is 9.11. The van der Waals surface area contributed by atoms with Gasteiger partial charge in [-0.3, -0.25) is 9.69 Å². The third-order valence-electron chi connectivity index (χ3n) is 3.48. The summed E-state index contributed by atoms with van der Waals surface area (Å²) in [5, 5.41) is 9.55. The van der Waals surface area contributed by atoms with Crippen LogP contribution in [0.5, 0.6) is 0 Å². The average molecular weight is 286 g/mol. The van der Waals surface area contributed by atoms with Crippen molar-refractivity contribution in [3.8, 4) is 0 Å². The van der Waals surface area contributed by atoms with E-state index < -0.39 is 0 Å². The van der Waals surface area contributed by atoms with Crippen LogP contribution in [-0.2, 0) is 7.05 Å². The van der Waals surface area contributed by atoms with Crippen LogP contribution in [0.25, 0.3) is 0 Å². The Morgan fingerprint density at radius 1 is 1.37 bits per heavy atom. The Kier molecular flexibility index (Phi) is 4.85. The van der Waals surface area contributed by atoms with Crippen molar-refractivity contribution in [2.45, 2.75) is 6.42 Å². The molecule has 0 atom stereocenters. The fourth-order valence-corrected chi connectivity index (χ4v) is 2.69. The van der Waals surface area contributed by atoms with Gasteiger partial charge in [-0.1, -0.05) is 11.6 Å². The quantitative estimate of drug-likeness (QED) is 0.894. The Labute approximate surface area is 118 Å². The van der Waals surface area contributed by atoms with E-state index in [2.05, 4.69) is 4.90 Å². The summed E-state index contributed by atoms with van der Waals surface area (Å²) in [6, 6.07) is 1.71. The van der Waals surface area contributed by atoms with E-state index in [1.807, 2.05) is 11.9 Å². The van der Waals surface area contributed by atoms with Crippen LogP contribution in [0.1, 0.15) is 16.9 Å². The molecule has 106 valence electrons. The number of aromatic nitrogens is 1. The lowest BCUT2D eigenvalue weighted by molar-refractivity contribution is 0.0751. The molecule has 0 spiro atoms. The smallest absolute Gasteiger partial charge is 0.270 e. The first-order valence-electron chi connectivity index (χ1n) is 6.56. The van der Waals surface area contributed by atoms with Crippen LogP contribution in [0, 0.1) is 0 Å². The van der Waals surface area contributed by atoms with Gasteiger partial charge in [-0.05, 0) is 19.0 Å². The number of aliphatic hydroxyl groups excluding tert-OH is 1. The molecule has 1 N–H and O–H groups in total. The van der Waals surface area contributed by atoms with Crippen molar-refractivity contribution < 1.29 is 9.90 Å². The number of hydrogen-bond donors (Lipinski definition) is 1. The molecule has 2 heterocycles. The van der Waals surface area contributed by atoms with Gasteiger partial charge in [0, 0.05) is 39.4 Å². The zero-order valence-corrected chi connectivity index (χ0v) is 11.9. The summed E-state index contributed by atoms with van der Waals surface area (Å²) >= 11 is 5.92. The molecule has 6 heteroatoms. The fourth-order valence-electron chi connectivity index (χ4n) is 2.44. The summed E-state index contributed by atoms with van der Waals surface area (Å²) in [4.78, 5) is 16.5. The van der Waals surface area contributed by atoms with Gasteiger partial charge in [0.25, 0.3) is 5.91 Å². The van der Waals surface area contributed by atoms with Crippen molar-refractivity contribution in [2.75, 3.05) is 39.3 Å². The molecule has 1 saturated heterocycles. The van der Waals surface area contributed by atoms with E-state index >= 15 is 0 Å². The Morgan fingerprint density at radius 2 is 2.16 bits per heavy atom. The molecule has 5 nitrogen and oxygen atoms in total. The van der Waals surface area contributed by atoms with Gasteiger partial charge >= 0.3 is 0 Å². The number of aliphatic hydroxyl groups is 1. The van der Waals surface area contributed by atoms with Crippen LogP contribution >= 0.6 is 11.6 Å². The molecule has 0 aliphatic carbocycles. The summed E-state index contributed by atoms with van der Waals surface area (Å²) in [7, 11) is 1.83. The number of carbonyl (C=O) groups is 1. The molecule has 1 aliphatic rings. The second kappa shape index (κ2) is 6.41. The number of aryl methyl sites for hydroxylation is 1. The van der Waals surface area contributed by atoms with Crippen LogP contribution in [0.15, 0.2) is 12.3 Å². The number of hydrogen-bond acceptors (Lipinski definition) is 3. The molecule has 1 aliphatic heterocycles. The van der Waals surface area contributed by atoms with Gasteiger partial charge in [-0.25, -0.2) is 0 Å². The normalized spacial score (nSPS) is 17.5. The van der Waals surface area contributed by atoms with Gasteiger partial charge in [0.05, 0.1) is 11.6 Å². The molecule has 1 aromatic heterocycles. The number of nitrogens with zero attached hydrogens (tertiary/aromatic N) is 3. The predicted molar refractivity (Wildman–Crippen MR) is 74.5 cm³/mol. The first kappa shape index (κ1) is 14.4. The molecule has 0 aromatic carbocycles. The zero-order chi connectivity index (χ0) is 13.8. The van der Waals surface area contributed by atoms with Gasteiger partial charge in [-0.15, -0.1) is 0 Å². The second-order valence-corrected chi connectivity index (χ2v) is 5.30. The molecule has 0 saturated carbocycles. The van der Waals surface area contributed by atoms with Gasteiger partial charge in [0.2, 0.25) is 0 Å². The monoisotopic (exact) mass is 285 g/mol. The van der Waals surface area contributed by atoms with E-state index in [0.717, 1.165) is 26.1 Å². The topological polar surface area (TPSA) is 48.7 Å². The highest BCUT2D eigenvalue weighted by molar-refractivity contribution is 6.31. The van der Waals surface area contributed by atoms with Crippen molar-refractivity contribution in [1.82, 2.24) is 14.4 Å². The number of rotatable bonds is 3. The number of amides is 1. The molecular formula is C13H20ClN3O2. The largest absolute Gasteiger partial charge is 0.395 e. The highest BCUT2D eigenvalue weighted by atomic mass is 35.5. The minimum atomic E-state index is 0.0280. The number of halogens is 1. The van der Waals surface area contributed by atoms with Gasteiger partial charge in [0.15, 0.2) is 0 Å². The first-order valence-corrected chi connectivity index (χ1v) is 6.94. The summed E-state index contributed by atoms with van der Waals surface area (Å²) < 4.78 is 1.76. The molecular weight excluding hydrogens is 266 g/mol. The number of carbonyl (C=O) groups excluding carboxylic acids is 1. The number of β-amino-alcohol motifs (C(OH)–C–C–N with tert-alkyl or cyclic N) is 1. The Hall–Kier alpha value is -1.04. The van der Waals surface area contributed by atoms with E-state index in [9.17, 15) is 4.79 Å². The van der Waals surface area contributed by atoms with Crippen molar-refractivity contribution in [2.24, 2.45) is 7.05 Å². The lowest BCUT2D eigenvalue weighted by atomic mass is 10.3. The summed E-state index contributed by atoms with van der Waals surface area (Å²) in [5.41, 5.74) is 0.626. The van der Waals surface area contributed by atoms with Gasteiger partial charge < -0.3 is 14.6 Å². The molecule has 0 bridgehead atoms. The van der Waals surface area contributed by atoms with Crippen LogP contribution < -0.4 is 0 Å². The molecule has 0 radical (unpaired) electrons. The van der Waals surface area contributed by atoms with Gasteiger partial charge in [0.1, 0.15) is 5.69 Å². The standard InChI is InChI=1S/C13H20ClN3O2/c1-15-10-11(14)9-12(15)13(19)17-4-2-3-16(5-6-17)7-8-18/h9-10,18H,2-8H2,1H3. The van der Waals surface area contributed by atoms with E-state index in [1.54, 1.807) is 16.8 Å². The molecule has 0 unspecified atom stereocenters. The lowest BCUT2D eigenvalue weighted by Gasteiger charge is -2.21. The SMILES string of the molecule is Cn1cc(Cl)cc1C(=O)N1CCCN(CCO)CC1. The highest BCUT2D eigenvalue weighted by Crippen LogP contribution is 2.15. The van der Waals surface area contributed by atoms with E-state index in [-0.39, 0.29) is 12.5 Å². The molecule has 1 fully saturated rings. The average Bonchev–Trinajstić information content (AvgIpc) is 2.59. The Morgan fingerprint density at radius 3 is 2.79 bits per heavy atom. The third-order valence-corrected chi connectivity index (χ3v) is 3.69. The van der Waals surface area contributed by atoms with Crippen LogP contribution in [0.4, 0.5) is 0 Å². The summed E-state index contributed by atoms with van der Waals surface area (Å²) in [5.74, 6) is 0.0280. The maximum Gasteiger partial charge on any atom is 0.270 e. The zero-order valence-electron chi connectivity index (χ0n) is 11.2. The van der Waals surface area contributed by atoms with Crippen LogP contribution in [-0.4, -0.2) is 64.7 Å². The lowest BCUT2D eigenvalue weighted by Crippen LogP contribution is -2.36. The molecule has 2 rings (SSSR count). The highest BCUT2D eigenvalue weighted by Gasteiger charge is 2.22. The van der Waals surface area contributed by atoms with Crippen molar-refractivity contribution in [3.05, 3.63) is 23.0 Å². The van der Waals surface area contributed by atoms with Crippen molar-refractivity contribution in [1.29, 1.82) is 0 Å². The summed E-state index contributed by atoms with van der Waals surface area (Å²) in [6.45, 7) is 4.03. The predicted octanol–water partition coefficient (Wildman–Crippen LogP) is 0.819. The molecule has 1 aromatic rings. The molecule has 19 heavy (non-hydrogen) atoms. The van der Waals surface area contributed by atoms with Crippen LogP contribution in [0.2, 0.25) is 5.02 Å². The minimum Gasteiger partial charge on any atom is -0.395 e. The van der Waals surface area contributed by atoms with E-state index in [1.165, 1.54) is 0 Å². The van der Waals surface area contributed by atoms with Crippen LogP contribution in [0.3, 0.4) is 0 Å². The van der Waals surface area contributed by atoms with E-state index in [4.69, 9.17) is 16.7 Å². The maximum absolute atomic E-state index is 12.4. The molecule has 1 amide bonds. The van der Waals surface area contributed by atoms with Crippen molar-refractivity contribution in [3.63, 3.8) is 0 Å². The second-order valence-electron chi connectivity index (χ2n) is 4.87. The fraction of sp³-hybridized carbons (Fsp3) is 0.615. The minimum absolute atomic E-state index is 0.0280. The third kappa shape index (κ3) is 3.49. The Balaban J connectivity index is 2.02. The van der Waals surface area contributed by atoms with E-state index in [0.29, 0.717) is 23.8 Å². The Bertz CT molecular complexity index is 447. The summed E-state index contributed by atoms with van der Waals surface area (Å²) in [6.07, 6.45) is 2.68.